The molecule has 1 heterocycles. The SMILES string of the molecule is CC(C)(C)c1nn(Cc2ccc(Cl)cc2)c(Cl)c1C#N. The molecule has 0 aliphatic rings. The van der Waals surface area contributed by atoms with E-state index in [0.717, 1.165) is 11.3 Å². The van der Waals surface area contributed by atoms with Gasteiger partial charge in [0.2, 0.25) is 0 Å². The second-order valence-corrected chi connectivity index (χ2v) is 6.45. The van der Waals surface area contributed by atoms with Gasteiger partial charge in [0.05, 0.1) is 12.2 Å². The summed E-state index contributed by atoms with van der Waals surface area (Å²) in [6.07, 6.45) is 0. The standard InChI is InChI=1S/C15H15Cl2N3/c1-15(2,3)13-12(8-18)14(17)20(19-13)9-10-4-6-11(16)7-5-10/h4-7H,9H2,1-3H3. The Bertz CT molecular complexity index is 658. The van der Waals surface area contributed by atoms with Gasteiger partial charge in [-0.3, -0.25) is 0 Å². The summed E-state index contributed by atoms with van der Waals surface area (Å²) in [6, 6.07) is 9.64. The highest BCUT2D eigenvalue weighted by atomic mass is 35.5. The first-order chi connectivity index (χ1) is 9.32. The molecule has 2 rings (SSSR count). The number of rotatable bonds is 2. The number of nitrogens with zero attached hydrogens (tertiary/aromatic N) is 3. The van der Waals surface area contributed by atoms with Gasteiger partial charge in [0.15, 0.2) is 0 Å². The molecule has 0 aliphatic heterocycles. The predicted octanol–water partition coefficient (Wildman–Crippen LogP) is 4.41. The molecule has 1 aromatic heterocycles. The number of benzene rings is 1. The zero-order valence-electron chi connectivity index (χ0n) is 11.6. The van der Waals surface area contributed by atoms with Crippen LogP contribution in [0.25, 0.3) is 0 Å². The van der Waals surface area contributed by atoms with E-state index in [1.54, 1.807) is 4.68 Å². The van der Waals surface area contributed by atoms with Crippen molar-refractivity contribution < 1.29 is 0 Å². The lowest BCUT2D eigenvalue weighted by Gasteiger charge is -2.15. The molecule has 0 unspecified atom stereocenters. The van der Waals surface area contributed by atoms with E-state index in [2.05, 4.69) is 11.2 Å². The normalized spacial score (nSPS) is 11.4. The first-order valence-electron chi connectivity index (χ1n) is 6.24. The van der Waals surface area contributed by atoms with Crippen molar-refractivity contribution in [3.63, 3.8) is 0 Å². The Hall–Kier alpha value is -1.50. The van der Waals surface area contributed by atoms with Crippen LogP contribution >= 0.6 is 23.2 Å². The van der Waals surface area contributed by atoms with Crippen LogP contribution < -0.4 is 0 Å². The minimum atomic E-state index is -0.222. The number of nitriles is 1. The summed E-state index contributed by atoms with van der Waals surface area (Å²) in [5.41, 5.74) is 1.98. The van der Waals surface area contributed by atoms with Crippen molar-refractivity contribution in [1.29, 1.82) is 5.26 Å². The van der Waals surface area contributed by atoms with E-state index in [4.69, 9.17) is 23.2 Å². The third-order valence-electron chi connectivity index (χ3n) is 2.96. The van der Waals surface area contributed by atoms with Gasteiger partial charge < -0.3 is 0 Å². The van der Waals surface area contributed by atoms with Gasteiger partial charge in [-0.05, 0) is 17.7 Å². The molecule has 5 heteroatoms. The summed E-state index contributed by atoms with van der Waals surface area (Å²) >= 11 is 12.1. The Labute approximate surface area is 128 Å². The third-order valence-corrected chi connectivity index (χ3v) is 3.59. The Balaban J connectivity index is 2.41. The molecule has 0 radical (unpaired) electrons. The van der Waals surface area contributed by atoms with E-state index < -0.39 is 0 Å². The van der Waals surface area contributed by atoms with Crippen LogP contribution in [0, 0.1) is 11.3 Å². The predicted molar refractivity (Wildman–Crippen MR) is 81.2 cm³/mol. The molecule has 0 bridgehead atoms. The van der Waals surface area contributed by atoms with Gasteiger partial charge >= 0.3 is 0 Å². The molecule has 104 valence electrons. The van der Waals surface area contributed by atoms with Gasteiger partial charge in [-0.15, -0.1) is 0 Å². The van der Waals surface area contributed by atoms with Gasteiger partial charge in [0.1, 0.15) is 16.8 Å². The van der Waals surface area contributed by atoms with Gasteiger partial charge in [0, 0.05) is 10.4 Å². The molecule has 0 aliphatic carbocycles. The van der Waals surface area contributed by atoms with Gasteiger partial charge in [-0.1, -0.05) is 56.1 Å². The smallest absolute Gasteiger partial charge is 0.145 e. The van der Waals surface area contributed by atoms with E-state index in [1.807, 2.05) is 45.0 Å². The summed E-state index contributed by atoms with van der Waals surface area (Å²) in [5.74, 6) is 0. The van der Waals surface area contributed by atoms with Gasteiger partial charge in [0.25, 0.3) is 0 Å². The highest BCUT2D eigenvalue weighted by Gasteiger charge is 2.26. The minimum absolute atomic E-state index is 0.222. The van der Waals surface area contributed by atoms with E-state index in [1.165, 1.54) is 0 Å². The fraction of sp³-hybridized carbons (Fsp3) is 0.333. The molecule has 0 fully saturated rings. The fourth-order valence-electron chi connectivity index (χ4n) is 1.93. The molecule has 20 heavy (non-hydrogen) atoms. The Morgan fingerprint density at radius 3 is 2.25 bits per heavy atom. The maximum atomic E-state index is 9.27. The van der Waals surface area contributed by atoms with Crippen molar-refractivity contribution in [2.24, 2.45) is 0 Å². The molecule has 0 saturated heterocycles. The quantitative estimate of drug-likeness (QED) is 0.824. The van der Waals surface area contributed by atoms with E-state index >= 15 is 0 Å². The van der Waals surface area contributed by atoms with Crippen molar-refractivity contribution >= 4 is 23.2 Å². The van der Waals surface area contributed by atoms with Crippen LogP contribution in [0.1, 0.15) is 37.6 Å². The van der Waals surface area contributed by atoms with Crippen LogP contribution in [-0.2, 0) is 12.0 Å². The van der Waals surface area contributed by atoms with E-state index in [0.29, 0.717) is 22.3 Å². The first-order valence-corrected chi connectivity index (χ1v) is 7.00. The van der Waals surface area contributed by atoms with Crippen LogP contribution in [-0.4, -0.2) is 9.78 Å². The molecule has 0 saturated carbocycles. The third kappa shape index (κ3) is 2.98. The maximum absolute atomic E-state index is 9.27. The molecular weight excluding hydrogens is 293 g/mol. The fourth-order valence-corrected chi connectivity index (χ4v) is 2.29. The zero-order valence-corrected chi connectivity index (χ0v) is 13.1. The maximum Gasteiger partial charge on any atom is 0.145 e. The lowest BCUT2D eigenvalue weighted by atomic mass is 9.90. The summed E-state index contributed by atoms with van der Waals surface area (Å²) in [4.78, 5) is 0. The van der Waals surface area contributed by atoms with Crippen molar-refractivity contribution in [1.82, 2.24) is 9.78 Å². The number of hydrogen-bond donors (Lipinski definition) is 0. The molecule has 0 amide bonds. The molecule has 0 atom stereocenters. The van der Waals surface area contributed by atoms with Crippen molar-refractivity contribution in [3.05, 3.63) is 51.3 Å². The first kappa shape index (κ1) is 14.9. The van der Waals surface area contributed by atoms with Crippen LogP contribution in [0.15, 0.2) is 24.3 Å². The Morgan fingerprint density at radius 1 is 1.20 bits per heavy atom. The van der Waals surface area contributed by atoms with Crippen molar-refractivity contribution in [2.75, 3.05) is 0 Å². The van der Waals surface area contributed by atoms with Gasteiger partial charge in [-0.2, -0.15) is 10.4 Å². The van der Waals surface area contributed by atoms with E-state index in [-0.39, 0.29) is 5.41 Å². The lowest BCUT2D eigenvalue weighted by molar-refractivity contribution is 0.544. The summed E-state index contributed by atoms with van der Waals surface area (Å²) in [6.45, 7) is 6.55. The minimum Gasteiger partial charge on any atom is -0.248 e. The summed E-state index contributed by atoms with van der Waals surface area (Å²) in [5, 5.41) is 14.8. The van der Waals surface area contributed by atoms with Crippen LogP contribution in [0.3, 0.4) is 0 Å². The monoisotopic (exact) mass is 307 g/mol. The van der Waals surface area contributed by atoms with Crippen LogP contribution in [0.5, 0.6) is 0 Å². The second-order valence-electron chi connectivity index (χ2n) is 5.66. The highest BCUT2D eigenvalue weighted by Crippen LogP contribution is 2.29. The van der Waals surface area contributed by atoms with Crippen molar-refractivity contribution in [2.45, 2.75) is 32.7 Å². The second kappa shape index (κ2) is 5.47. The topological polar surface area (TPSA) is 41.6 Å². The van der Waals surface area contributed by atoms with Crippen LogP contribution in [0.4, 0.5) is 0 Å². The van der Waals surface area contributed by atoms with Gasteiger partial charge in [-0.25, -0.2) is 4.68 Å². The average Bonchev–Trinajstić information content (AvgIpc) is 2.69. The largest absolute Gasteiger partial charge is 0.248 e. The summed E-state index contributed by atoms with van der Waals surface area (Å²) in [7, 11) is 0. The molecular formula is C15H15Cl2N3. The van der Waals surface area contributed by atoms with Crippen molar-refractivity contribution in [3.8, 4) is 6.07 Å². The van der Waals surface area contributed by atoms with E-state index in [9.17, 15) is 5.26 Å². The molecule has 3 nitrogen and oxygen atoms in total. The molecule has 0 spiro atoms. The average molecular weight is 308 g/mol. The number of hydrogen-bond acceptors (Lipinski definition) is 2. The molecule has 0 N–H and O–H groups in total. The Morgan fingerprint density at radius 2 is 1.80 bits per heavy atom. The highest BCUT2D eigenvalue weighted by molar-refractivity contribution is 6.31. The Kier molecular flexibility index (Phi) is 4.08. The molecule has 2 aromatic rings. The molecule has 1 aromatic carbocycles. The number of halogens is 2. The van der Waals surface area contributed by atoms with Crippen LogP contribution in [0.2, 0.25) is 10.2 Å². The summed E-state index contributed by atoms with van der Waals surface area (Å²) < 4.78 is 1.66. The zero-order chi connectivity index (χ0) is 14.9. The lowest BCUT2D eigenvalue weighted by Crippen LogP contribution is -2.14. The number of aromatic nitrogens is 2.